The predicted octanol–water partition coefficient (Wildman–Crippen LogP) is 2.10. The second-order valence-electron chi connectivity index (χ2n) is 5.39. The van der Waals surface area contributed by atoms with Gasteiger partial charge in [0.15, 0.2) is 0 Å². The molecule has 3 rings (SSSR count). The van der Waals surface area contributed by atoms with E-state index in [0.29, 0.717) is 24.5 Å². The molecule has 3 N–H and O–H groups in total. The summed E-state index contributed by atoms with van der Waals surface area (Å²) >= 11 is 0. The molecule has 0 saturated carbocycles. The molecule has 0 radical (unpaired) electrons. The Morgan fingerprint density at radius 1 is 1.35 bits per heavy atom. The maximum absolute atomic E-state index is 11.4. The van der Waals surface area contributed by atoms with Crippen LogP contribution in [0.25, 0.3) is 0 Å². The number of carbonyl (C=O) groups excluding carboxylic acids is 1. The van der Waals surface area contributed by atoms with Gasteiger partial charge in [-0.25, -0.2) is 0 Å². The van der Waals surface area contributed by atoms with Crippen LogP contribution in [0.1, 0.15) is 31.2 Å². The van der Waals surface area contributed by atoms with Crippen molar-refractivity contribution < 1.29 is 14.3 Å². The maximum Gasteiger partial charge on any atom is 0.224 e. The number of aryl methyl sites for hydroxylation is 1. The van der Waals surface area contributed by atoms with Gasteiger partial charge in [0.2, 0.25) is 5.91 Å². The number of fused-ring (bicyclic) bond motifs is 1. The summed E-state index contributed by atoms with van der Waals surface area (Å²) < 4.78 is 11.4. The van der Waals surface area contributed by atoms with Gasteiger partial charge in [-0.05, 0) is 37.3 Å². The molecule has 5 nitrogen and oxygen atoms in total. The lowest BCUT2D eigenvalue weighted by atomic mass is 10.0. The molecule has 1 saturated heterocycles. The third-order valence-electron chi connectivity index (χ3n) is 3.83. The van der Waals surface area contributed by atoms with Crippen molar-refractivity contribution in [2.75, 3.05) is 24.3 Å². The topological polar surface area (TPSA) is 73.6 Å². The number of amides is 1. The highest BCUT2D eigenvalue weighted by atomic mass is 16.5. The van der Waals surface area contributed by atoms with Crippen LogP contribution in [0.5, 0.6) is 5.75 Å². The summed E-state index contributed by atoms with van der Waals surface area (Å²) in [5, 5.41) is 2.86. The molecule has 108 valence electrons. The molecule has 0 bridgehead atoms. The zero-order valence-electron chi connectivity index (χ0n) is 11.5. The minimum Gasteiger partial charge on any atom is -0.489 e. The van der Waals surface area contributed by atoms with Gasteiger partial charge >= 0.3 is 0 Å². The van der Waals surface area contributed by atoms with Crippen molar-refractivity contribution in [2.24, 2.45) is 0 Å². The van der Waals surface area contributed by atoms with E-state index in [0.717, 1.165) is 37.1 Å². The number of benzene rings is 1. The first kappa shape index (κ1) is 13.2. The smallest absolute Gasteiger partial charge is 0.224 e. The molecule has 20 heavy (non-hydrogen) atoms. The average Bonchev–Trinajstić information content (AvgIpc) is 2.46. The number of anilines is 2. The predicted molar refractivity (Wildman–Crippen MR) is 76.9 cm³/mol. The van der Waals surface area contributed by atoms with E-state index in [1.807, 2.05) is 12.1 Å². The standard InChI is InChI=1S/C15H20N2O3/c16-12-7-10-4-5-15(18)17-13(10)8-14(12)20-9-11-3-1-2-6-19-11/h7-8,11H,1-6,9,16H2,(H,17,18). The van der Waals surface area contributed by atoms with Gasteiger partial charge in [-0.15, -0.1) is 0 Å². The Morgan fingerprint density at radius 2 is 2.25 bits per heavy atom. The van der Waals surface area contributed by atoms with Crippen LogP contribution in [0.15, 0.2) is 12.1 Å². The molecular formula is C15H20N2O3. The van der Waals surface area contributed by atoms with Gasteiger partial charge in [0.1, 0.15) is 12.4 Å². The van der Waals surface area contributed by atoms with E-state index < -0.39 is 0 Å². The van der Waals surface area contributed by atoms with E-state index in [1.165, 1.54) is 6.42 Å². The van der Waals surface area contributed by atoms with Crippen molar-refractivity contribution in [1.82, 2.24) is 0 Å². The van der Waals surface area contributed by atoms with E-state index >= 15 is 0 Å². The van der Waals surface area contributed by atoms with Crippen molar-refractivity contribution >= 4 is 17.3 Å². The third-order valence-corrected chi connectivity index (χ3v) is 3.83. The van der Waals surface area contributed by atoms with E-state index in [1.54, 1.807) is 0 Å². The lowest BCUT2D eigenvalue weighted by Crippen LogP contribution is -2.26. The van der Waals surface area contributed by atoms with Gasteiger partial charge in [-0.3, -0.25) is 4.79 Å². The number of nitrogens with two attached hydrogens (primary N) is 1. The molecule has 2 aliphatic rings. The van der Waals surface area contributed by atoms with E-state index in [9.17, 15) is 4.79 Å². The van der Waals surface area contributed by atoms with Crippen LogP contribution in [0.3, 0.4) is 0 Å². The van der Waals surface area contributed by atoms with Gasteiger partial charge < -0.3 is 20.5 Å². The highest BCUT2D eigenvalue weighted by Crippen LogP contribution is 2.32. The van der Waals surface area contributed by atoms with Gasteiger partial charge in [0.25, 0.3) is 0 Å². The quantitative estimate of drug-likeness (QED) is 0.829. The van der Waals surface area contributed by atoms with Crippen LogP contribution in [-0.4, -0.2) is 25.2 Å². The van der Waals surface area contributed by atoms with Crippen LogP contribution >= 0.6 is 0 Å². The number of carbonyl (C=O) groups is 1. The molecule has 5 heteroatoms. The molecule has 0 spiro atoms. The minimum absolute atomic E-state index is 0.0452. The van der Waals surface area contributed by atoms with Crippen LogP contribution in [0.4, 0.5) is 11.4 Å². The van der Waals surface area contributed by atoms with E-state index in [-0.39, 0.29) is 12.0 Å². The fourth-order valence-corrected chi connectivity index (χ4v) is 2.67. The fourth-order valence-electron chi connectivity index (χ4n) is 2.67. The Bertz CT molecular complexity index is 510. The molecule has 1 aromatic carbocycles. The summed E-state index contributed by atoms with van der Waals surface area (Å²) in [7, 11) is 0. The summed E-state index contributed by atoms with van der Waals surface area (Å²) in [6, 6.07) is 3.72. The molecule has 1 fully saturated rings. The lowest BCUT2D eigenvalue weighted by molar-refractivity contribution is -0.116. The molecule has 0 aromatic heterocycles. The molecule has 1 amide bonds. The summed E-state index contributed by atoms with van der Waals surface area (Å²) in [6.07, 6.45) is 4.74. The fraction of sp³-hybridized carbons (Fsp3) is 0.533. The molecule has 1 atom stereocenters. The van der Waals surface area contributed by atoms with Gasteiger partial charge in [0, 0.05) is 24.8 Å². The molecule has 2 heterocycles. The van der Waals surface area contributed by atoms with E-state index in [4.69, 9.17) is 15.2 Å². The second-order valence-corrected chi connectivity index (χ2v) is 5.39. The monoisotopic (exact) mass is 276 g/mol. The Labute approximate surface area is 118 Å². The van der Waals surface area contributed by atoms with Crippen LogP contribution in [-0.2, 0) is 16.0 Å². The molecule has 1 aromatic rings. The molecular weight excluding hydrogens is 256 g/mol. The molecule has 2 aliphatic heterocycles. The first-order valence-corrected chi connectivity index (χ1v) is 7.19. The number of hydrogen-bond acceptors (Lipinski definition) is 4. The normalized spacial score (nSPS) is 22.0. The largest absolute Gasteiger partial charge is 0.489 e. The Hall–Kier alpha value is -1.75. The summed E-state index contributed by atoms with van der Waals surface area (Å²) in [4.78, 5) is 11.4. The summed E-state index contributed by atoms with van der Waals surface area (Å²) in [5.74, 6) is 0.670. The van der Waals surface area contributed by atoms with Crippen molar-refractivity contribution in [3.8, 4) is 5.75 Å². The minimum atomic E-state index is 0.0452. The number of nitrogens with one attached hydrogen (secondary N) is 1. The zero-order chi connectivity index (χ0) is 13.9. The molecule has 0 aliphatic carbocycles. The van der Waals surface area contributed by atoms with Crippen LogP contribution < -0.4 is 15.8 Å². The molecule has 1 unspecified atom stereocenters. The van der Waals surface area contributed by atoms with Crippen molar-refractivity contribution in [2.45, 2.75) is 38.2 Å². The van der Waals surface area contributed by atoms with Gasteiger partial charge in [0.05, 0.1) is 11.8 Å². The Morgan fingerprint density at radius 3 is 3.05 bits per heavy atom. The summed E-state index contributed by atoms with van der Waals surface area (Å²) in [6.45, 7) is 1.32. The first-order chi connectivity index (χ1) is 9.72. The SMILES string of the molecule is Nc1cc2c(cc1OCC1CCCCO1)NC(=O)CC2. The highest BCUT2D eigenvalue weighted by Gasteiger charge is 2.19. The first-order valence-electron chi connectivity index (χ1n) is 7.19. The van der Waals surface area contributed by atoms with Gasteiger partial charge in [-0.2, -0.15) is 0 Å². The van der Waals surface area contributed by atoms with E-state index in [2.05, 4.69) is 5.32 Å². The number of nitrogen functional groups attached to an aromatic ring is 1. The Balaban J connectivity index is 1.69. The highest BCUT2D eigenvalue weighted by molar-refractivity contribution is 5.94. The summed E-state index contributed by atoms with van der Waals surface area (Å²) in [5.41, 5.74) is 8.52. The van der Waals surface area contributed by atoms with Crippen molar-refractivity contribution in [1.29, 1.82) is 0 Å². The van der Waals surface area contributed by atoms with Crippen LogP contribution in [0.2, 0.25) is 0 Å². The lowest BCUT2D eigenvalue weighted by Gasteiger charge is -2.24. The maximum atomic E-state index is 11.4. The van der Waals surface area contributed by atoms with Gasteiger partial charge in [-0.1, -0.05) is 0 Å². The third kappa shape index (κ3) is 2.88. The van der Waals surface area contributed by atoms with Crippen LogP contribution in [0, 0.1) is 0 Å². The zero-order valence-corrected chi connectivity index (χ0v) is 11.5. The number of hydrogen-bond donors (Lipinski definition) is 2. The number of ether oxygens (including phenoxy) is 2. The number of rotatable bonds is 3. The van der Waals surface area contributed by atoms with Crippen molar-refractivity contribution in [3.63, 3.8) is 0 Å². The Kier molecular flexibility index (Phi) is 3.78. The second kappa shape index (κ2) is 5.71. The average molecular weight is 276 g/mol. The van der Waals surface area contributed by atoms with Crippen molar-refractivity contribution in [3.05, 3.63) is 17.7 Å².